The topological polar surface area (TPSA) is 78.3 Å². The molecule has 158 valence electrons. The van der Waals surface area contributed by atoms with E-state index in [1.807, 2.05) is 37.6 Å². The molecule has 0 spiro atoms. The summed E-state index contributed by atoms with van der Waals surface area (Å²) in [5.74, 6) is 2.22. The van der Waals surface area contributed by atoms with E-state index in [1.165, 1.54) is 11.8 Å². The lowest BCUT2D eigenvalue weighted by Crippen LogP contribution is -2.14. The third-order valence-electron chi connectivity index (χ3n) is 4.41. The molecule has 0 radical (unpaired) electrons. The number of aryl methyl sites for hydroxylation is 2. The van der Waals surface area contributed by atoms with E-state index < -0.39 is 0 Å². The molecule has 1 amide bonds. The number of hydrogen-bond donors (Lipinski definition) is 1. The van der Waals surface area contributed by atoms with E-state index in [0.29, 0.717) is 16.7 Å². The summed E-state index contributed by atoms with van der Waals surface area (Å²) < 4.78 is 12.8. The highest BCUT2D eigenvalue weighted by Gasteiger charge is 2.13. The van der Waals surface area contributed by atoms with Crippen molar-refractivity contribution in [3.05, 3.63) is 58.4 Å². The van der Waals surface area contributed by atoms with Crippen LogP contribution < -0.4 is 14.8 Å². The second-order valence-corrected chi connectivity index (χ2v) is 8.00. The fourth-order valence-electron chi connectivity index (χ4n) is 2.74. The SMILES string of the molecule is COc1ccc(NC(=O)CSc2nnc(COc3cc(C)c(Cl)c(C)c3)n2C)cc1. The highest BCUT2D eigenvalue weighted by molar-refractivity contribution is 7.99. The predicted molar refractivity (Wildman–Crippen MR) is 119 cm³/mol. The molecule has 30 heavy (non-hydrogen) atoms. The minimum Gasteiger partial charge on any atom is -0.497 e. The van der Waals surface area contributed by atoms with Gasteiger partial charge in [0.25, 0.3) is 0 Å². The summed E-state index contributed by atoms with van der Waals surface area (Å²) >= 11 is 7.51. The molecule has 0 atom stereocenters. The quantitative estimate of drug-likeness (QED) is 0.516. The maximum atomic E-state index is 12.2. The third kappa shape index (κ3) is 5.46. The highest BCUT2D eigenvalue weighted by atomic mass is 35.5. The number of amides is 1. The molecule has 0 bridgehead atoms. The van der Waals surface area contributed by atoms with Crippen LogP contribution in [0.1, 0.15) is 17.0 Å². The molecule has 0 fully saturated rings. The Morgan fingerprint density at radius 3 is 2.43 bits per heavy atom. The summed E-state index contributed by atoms with van der Waals surface area (Å²) in [6.45, 7) is 4.15. The van der Waals surface area contributed by atoms with Gasteiger partial charge in [-0.05, 0) is 61.4 Å². The van der Waals surface area contributed by atoms with Crippen LogP contribution >= 0.6 is 23.4 Å². The molecule has 1 aromatic heterocycles. The molecule has 3 aromatic rings. The zero-order chi connectivity index (χ0) is 21.7. The zero-order valence-corrected chi connectivity index (χ0v) is 18.8. The van der Waals surface area contributed by atoms with Crippen LogP contribution in [-0.4, -0.2) is 33.5 Å². The number of thioether (sulfide) groups is 1. The average Bonchev–Trinajstić information content (AvgIpc) is 3.09. The number of benzene rings is 2. The molecule has 0 unspecified atom stereocenters. The van der Waals surface area contributed by atoms with E-state index in [9.17, 15) is 4.79 Å². The lowest BCUT2D eigenvalue weighted by molar-refractivity contribution is -0.113. The molecule has 9 heteroatoms. The van der Waals surface area contributed by atoms with Crippen molar-refractivity contribution in [2.45, 2.75) is 25.6 Å². The molecule has 0 saturated carbocycles. The Kier molecular flexibility index (Phi) is 7.23. The number of hydrogen-bond acceptors (Lipinski definition) is 6. The lowest BCUT2D eigenvalue weighted by Gasteiger charge is -2.10. The Bertz CT molecular complexity index is 1010. The fourth-order valence-corrected chi connectivity index (χ4v) is 3.57. The van der Waals surface area contributed by atoms with E-state index in [1.54, 1.807) is 31.4 Å². The Morgan fingerprint density at radius 1 is 1.13 bits per heavy atom. The Hall–Kier alpha value is -2.71. The predicted octanol–water partition coefficient (Wildman–Crippen LogP) is 4.40. The van der Waals surface area contributed by atoms with Crippen molar-refractivity contribution in [3.8, 4) is 11.5 Å². The van der Waals surface area contributed by atoms with Crippen LogP contribution in [0.5, 0.6) is 11.5 Å². The van der Waals surface area contributed by atoms with Crippen molar-refractivity contribution < 1.29 is 14.3 Å². The van der Waals surface area contributed by atoms with Gasteiger partial charge in [-0.3, -0.25) is 4.79 Å². The summed E-state index contributed by atoms with van der Waals surface area (Å²) in [5, 5.41) is 12.6. The van der Waals surface area contributed by atoms with Gasteiger partial charge in [-0.2, -0.15) is 0 Å². The molecular weight excluding hydrogens is 424 g/mol. The van der Waals surface area contributed by atoms with Gasteiger partial charge in [-0.15, -0.1) is 10.2 Å². The van der Waals surface area contributed by atoms with Crippen LogP contribution in [0.2, 0.25) is 5.02 Å². The smallest absolute Gasteiger partial charge is 0.234 e. The molecule has 0 aliphatic carbocycles. The lowest BCUT2D eigenvalue weighted by atomic mass is 10.1. The summed E-state index contributed by atoms with van der Waals surface area (Å²) in [4.78, 5) is 12.2. The first-order chi connectivity index (χ1) is 14.4. The van der Waals surface area contributed by atoms with Gasteiger partial charge in [0.15, 0.2) is 11.0 Å². The van der Waals surface area contributed by atoms with Crippen molar-refractivity contribution >= 4 is 35.0 Å². The Labute approximate surface area is 184 Å². The summed E-state index contributed by atoms with van der Waals surface area (Å²) in [6, 6.07) is 11.0. The Balaban J connectivity index is 1.54. The van der Waals surface area contributed by atoms with Crippen LogP contribution in [0.15, 0.2) is 41.6 Å². The number of nitrogens with one attached hydrogen (secondary N) is 1. The van der Waals surface area contributed by atoms with Gasteiger partial charge in [0.2, 0.25) is 5.91 Å². The van der Waals surface area contributed by atoms with Crippen molar-refractivity contribution in [1.82, 2.24) is 14.8 Å². The monoisotopic (exact) mass is 446 g/mol. The van der Waals surface area contributed by atoms with Crippen LogP contribution in [0.4, 0.5) is 5.69 Å². The van der Waals surface area contributed by atoms with E-state index in [0.717, 1.165) is 27.6 Å². The summed E-state index contributed by atoms with van der Waals surface area (Å²) in [7, 11) is 3.45. The van der Waals surface area contributed by atoms with Gasteiger partial charge in [-0.25, -0.2) is 0 Å². The fraction of sp³-hybridized carbons (Fsp3) is 0.286. The first-order valence-electron chi connectivity index (χ1n) is 9.22. The number of carbonyl (C=O) groups excluding carboxylic acids is 1. The number of rotatable bonds is 8. The second-order valence-electron chi connectivity index (χ2n) is 6.68. The van der Waals surface area contributed by atoms with Gasteiger partial charge < -0.3 is 19.4 Å². The van der Waals surface area contributed by atoms with Gasteiger partial charge in [-0.1, -0.05) is 23.4 Å². The first kappa shape index (κ1) is 22.0. The van der Waals surface area contributed by atoms with E-state index >= 15 is 0 Å². The van der Waals surface area contributed by atoms with Crippen molar-refractivity contribution in [1.29, 1.82) is 0 Å². The van der Waals surface area contributed by atoms with Crippen molar-refractivity contribution in [3.63, 3.8) is 0 Å². The molecule has 2 aromatic carbocycles. The number of anilines is 1. The average molecular weight is 447 g/mol. The minimum absolute atomic E-state index is 0.127. The number of halogens is 1. The van der Waals surface area contributed by atoms with E-state index in [4.69, 9.17) is 21.1 Å². The highest BCUT2D eigenvalue weighted by Crippen LogP contribution is 2.26. The van der Waals surface area contributed by atoms with Crippen molar-refractivity contribution in [2.75, 3.05) is 18.2 Å². The molecule has 3 rings (SSSR count). The largest absolute Gasteiger partial charge is 0.497 e. The van der Waals surface area contributed by atoms with Crippen LogP contribution in [0.25, 0.3) is 0 Å². The first-order valence-corrected chi connectivity index (χ1v) is 10.6. The molecule has 0 aliphatic heterocycles. The number of aromatic nitrogens is 3. The number of ether oxygens (including phenoxy) is 2. The third-order valence-corrected chi connectivity index (χ3v) is 6.03. The maximum Gasteiger partial charge on any atom is 0.234 e. The van der Waals surface area contributed by atoms with Crippen LogP contribution in [0.3, 0.4) is 0 Å². The molecule has 1 heterocycles. The zero-order valence-electron chi connectivity index (χ0n) is 17.2. The van der Waals surface area contributed by atoms with Crippen LogP contribution in [-0.2, 0) is 18.4 Å². The van der Waals surface area contributed by atoms with E-state index in [2.05, 4.69) is 15.5 Å². The molecular formula is C21H23ClN4O3S. The van der Waals surface area contributed by atoms with Gasteiger partial charge >= 0.3 is 0 Å². The number of nitrogens with zero attached hydrogens (tertiary/aromatic N) is 3. The molecule has 0 aliphatic rings. The number of carbonyl (C=O) groups is 1. The molecule has 7 nitrogen and oxygen atoms in total. The second kappa shape index (κ2) is 9.86. The van der Waals surface area contributed by atoms with E-state index in [-0.39, 0.29) is 18.3 Å². The minimum atomic E-state index is -0.127. The van der Waals surface area contributed by atoms with Gasteiger partial charge in [0.05, 0.1) is 12.9 Å². The van der Waals surface area contributed by atoms with Gasteiger partial charge in [0, 0.05) is 17.8 Å². The maximum absolute atomic E-state index is 12.2. The Morgan fingerprint density at radius 2 is 1.80 bits per heavy atom. The number of methoxy groups -OCH3 is 1. The normalized spacial score (nSPS) is 10.7. The molecule has 1 N–H and O–H groups in total. The summed E-state index contributed by atoms with van der Waals surface area (Å²) in [5.41, 5.74) is 2.63. The standard InChI is InChI=1S/C21H23ClN4O3S/c1-13-9-17(10-14(2)20(13)22)29-11-18-24-25-21(26(18)3)30-12-19(27)23-15-5-7-16(28-4)8-6-15/h5-10H,11-12H2,1-4H3,(H,23,27). The van der Waals surface area contributed by atoms with Crippen molar-refractivity contribution in [2.24, 2.45) is 7.05 Å². The van der Waals surface area contributed by atoms with Crippen LogP contribution in [0, 0.1) is 13.8 Å². The molecule has 0 saturated heterocycles. The summed E-state index contributed by atoms with van der Waals surface area (Å²) in [6.07, 6.45) is 0. The van der Waals surface area contributed by atoms with Gasteiger partial charge in [0.1, 0.15) is 18.1 Å².